The smallest absolute Gasteiger partial charge is 0.247 e. The van der Waals surface area contributed by atoms with E-state index in [4.69, 9.17) is 9.47 Å². The molecule has 2 aliphatic heterocycles. The van der Waals surface area contributed by atoms with Crippen LogP contribution in [-0.4, -0.2) is 61.1 Å². The van der Waals surface area contributed by atoms with Gasteiger partial charge in [-0.3, -0.25) is 9.59 Å². The molecular weight excluding hydrogens is 453 g/mol. The summed E-state index contributed by atoms with van der Waals surface area (Å²) in [5.41, 5.74) is -0.106. The molecule has 0 aromatic heterocycles. The van der Waals surface area contributed by atoms with E-state index in [-0.39, 0.29) is 33.0 Å². The highest BCUT2D eigenvalue weighted by atomic mass is 32.2. The van der Waals surface area contributed by atoms with E-state index in [1.54, 1.807) is 18.2 Å². The second-order valence-corrected chi connectivity index (χ2v) is 10.3. The largest absolute Gasteiger partial charge is 0.454 e. The van der Waals surface area contributed by atoms with E-state index in [9.17, 15) is 22.4 Å². The normalized spacial score (nSPS) is 20.7. The van der Waals surface area contributed by atoms with Crippen LogP contribution in [0.25, 0.3) is 0 Å². The van der Waals surface area contributed by atoms with Crippen molar-refractivity contribution in [3.05, 3.63) is 59.4 Å². The zero-order chi connectivity index (χ0) is 23.8. The van der Waals surface area contributed by atoms with Gasteiger partial charge in [0.2, 0.25) is 28.6 Å². The molecule has 0 saturated carbocycles. The quantitative estimate of drug-likeness (QED) is 0.671. The highest BCUT2D eigenvalue weighted by Gasteiger charge is 2.49. The highest BCUT2D eigenvalue weighted by molar-refractivity contribution is 7.88. The molecule has 1 N–H and O–H groups in total. The number of sulfonamides is 1. The summed E-state index contributed by atoms with van der Waals surface area (Å²) in [7, 11) is -3.71. The summed E-state index contributed by atoms with van der Waals surface area (Å²) in [6.45, 7) is 1.26. The summed E-state index contributed by atoms with van der Waals surface area (Å²) >= 11 is 0. The lowest BCUT2D eigenvalue weighted by Crippen LogP contribution is -2.69. The third-order valence-corrected chi connectivity index (χ3v) is 6.99. The number of carbonyl (C=O) groups is 2. The van der Waals surface area contributed by atoms with Crippen LogP contribution >= 0.6 is 0 Å². The van der Waals surface area contributed by atoms with Gasteiger partial charge >= 0.3 is 0 Å². The van der Waals surface area contributed by atoms with Crippen LogP contribution in [0.5, 0.6) is 11.5 Å². The summed E-state index contributed by atoms with van der Waals surface area (Å²) in [6, 6.07) is 10.9. The molecule has 9 nitrogen and oxygen atoms in total. The van der Waals surface area contributed by atoms with Crippen LogP contribution in [0.2, 0.25) is 0 Å². The van der Waals surface area contributed by atoms with Gasteiger partial charge in [-0.2, -0.15) is 4.31 Å². The van der Waals surface area contributed by atoms with Gasteiger partial charge in [0, 0.05) is 19.6 Å². The molecule has 33 heavy (non-hydrogen) atoms. The number of carbonyl (C=O) groups excluding carboxylic acids is 2. The molecule has 1 saturated heterocycles. The first kappa shape index (κ1) is 23.0. The molecule has 0 spiro atoms. The monoisotopic (exact) mass is 477 g/mol. The Labute approximate surface area is 191 Å². The van der Waals surface area contributed by atoms with Crippen molar-refractivity contribution in [1.82, 2.24) is 14.5 Å². The van der Waals surface area contributed by atoms with Crippen LogP contribution in [0.1, 0.15) is 18.1 Å². The van der Waals surface area contributed by atoms with Gasteiger partial charge < -0.3 is 19.7 Å². The fourth-order valence-electron chi connectivity index (χ4n) is 3.88. The second kappa shape index (κ2) is 8.64. The van der Waals surface area contributed by atoms with Crippen molar-refractivity contribution in [2.75, 3.05) is 26.1 Å². The summed E-state index contributed by atoms with van der Waals surface area (Å²) in [5.74, 6) is -0.282. The standard InChI is InChI=1S/C22H24FN3O6S/c1-22(21(28)24-10-15-3-6-17(23)7-4-15)13-25(33(2,29)30)12-20(27)26(22)11-16-5-8-18-19(9-16)32-14-31-18/h3-9H,10-14H2,1-2H3,(H,24,28). The van der Waals surface area contributed by atoms with Gasteiger partial charge in [-0.05, 0) is 42.3 Å². The summed E-state index contributed by atoms with van der Waals surface area (Å²) < 4.78 is 49.3. The van der Waals surface area contributed by atoms with Crippen molar-refractivity contribution < 1.29 is 31.9 Å². The van der Waals surface area contributed by atoms with Gasteiger partial charge in [0.15, 0.2) is 11.5 Å². The molecule has 2 amide bonds. The van der Waals surface area contributed by atoms with Crippen LogP contribution in [0, 0.1) is 5.82 Å². The number of nitrogens with one attached hydrogen (secondary N) is 1. The first-order valence-corrected chi connectivity index (χ1v) is 12.1. The lowest BCUT2D eigenvalue weighted by atomic mass is 9.94. The minimum atomic E-state index is -3.71. The summed E-state index contributed by atoms with van der Waals surface area (Å²) in [6.07, 6.45) is 1.00. The molecule has 4 rings (SSSR count). The zero-order valence-corrected chi connectivity index (χ0v) is 19.0. The number of ether oxygens (including phenoxy) is 2. The second-order valence-electron chi connectivity index (χ2n) is 8.28. The molecule has 176 valence electrons. The van der Waals surface area contributed by atoms with E-state index in [2.05, 4.69) is 5.32 Å². The molecule has 0 aliphatic carbocycles. The van der Waals surface area contributed by atoms with Gasteiger partial charge in [0.05, 0.1) is 12.8 Å². The third-order valence-electron chi connectivity index (χ3n) is 5.79. The number of amides is 2. The maximum atomic E-state index is 13.3. The predicted octanol–water partition coefficient (Wildman–Crippen LogP) is 1.23. The fraction of sp³-hybridized carbons (Fsp3) is 0.364. The van der Waals surface area contributed by atoms with Gasteiger partial charge in [0.25, 0.3) is 0 Å². The molecular formula is C22H24FN3O6S. The molecule has 1 atom stereocenters. The maximum absolute atomic E-state index is 13.3. The molecule has 11 heteroatoms. The number of halogens is 1. The molecule has 2 aromatic rings. The summed E-state index contributed by atoms with van der Waals surface area (Å²) in [5, 5.41) is 2.76. The molecule has 0 bridgehead atoms. The van der Waals surface area contributed by atoms with Crippen LogP contribution in [0.15, 0.2) is 42.5 Å². The Kier molecular flexibility index (Phi) is 6.02. The minimum absolute atomic E-state index is 0.0769. The number of fused-ring (bicyclic) bond motifs is 1. The van der Waals surface area contributed by atoms with E-state index in [0.717, 1.165) is 10.6 Å². The number of hydrogen-bond donors (Lipinski definition) is 1. The van der Waals surface area contributed by atoms with Gasteiger partial charge in [-0.25, -0.2) is 12.8 Å². The van der Waals surface area contributed by atoms with E-state index < -0.39 is 33.2 Å². The topological polar surface area (TPSA) is 105 Å². The Morgan fingerprint density at radius 1 is 1.12 bits per heavy atom. The first-order valence-electron chi connectivity index (χ1n) is 10.2. The Hall–Kier alpha value is -3.18. The van der Waals surface area contributed by atoms with Crippen LogP contribution in [0.4, 0.5) is 4.39 Å². The predicted molar refractivity (Wildman–Crippen MR) is 116 cm³/mol. The van der Waals surface area contributed by atoms with Crippen molar-refractivity contribution in [2.45, 2.75) is 25.6 Å². The van der Waals surface area contributed by atoms with E-state index in [1.807, 2.05) is 0 Å². The SMILES string of the molecule is CC1(C(=O)NCc2ccc(F)cc2)CN(S(C)(=O)=O)CC(=O)N1Cc1ccc2c(c1)OCO2. The number of rotatable bonds is 6. The van der Waals surface area contributed by atoms with Crippen molar-refractivity contribution in [3.63, 3.8) is 0 Å². The van der Waals surface area contributed by atoms with Gasteiger partial charge in [0.1, 0.15) is 11.4 Å². The number of nitrogens with zero attached hydrogens (tertiary/aromatic N) is 2. The lowest BCUT2D eigenvalue weighted by Gasteiger charge is -2.46. The molecule has 2 heterocycles. The van der Waals surface area contributed by atoms with Crippen molar-refractivity contribution in [3.8, 4) is 11.5 Å². The molecule has 1 fully saturated rings. The molecule has 1 unspecified atom stereocenters. The van der Waals surface area contributed by atoms with Crippen LogP contribution in [-0.2, 0) is 32.7 Å². The maximum Gasteiger partial charge on any atom is 0.247 e. The average Bonchev–Trinajstić information content (AvgIpc) is 3.23. The van der Waals surface area contributed by atoms with E-state index >= 15 is 0 Å². The van der Waals surface area contributed by atoms with E-state index in [0.29, 0.717) is 22.6 Å². The van der Waals surface area contributed by atoms with Crippen LogP contribution < -0.4 is 14.8 Å². The Bertz CT molecular complexity index is 1190. The third kappa shape index (κ3) is 4.79. The van der Waals surface area contributed by atoms with Crippen molar-refractivity contribution >= 4 is 21.8 Å². The Balaban J connectivity index is 1.60. The van der Waals surface area contributed by atoms with Gasteiger partial charge in [-0.15, -0.1) is 0 Å². The van der Waals surface area contributed by atoms with Crippen LogP contribution in [0.3, 0.4) is 0 Å². The van der Waals surface area contributed by atoms with E-state index in [1.165, 1.54) is 36.1 Å². The number of hydrogen-bond acceptors (Lipinski definition) is 6. The average molecular weight is 478 g/mol. The van der Waals surface area contributed by atoms with Crippen molar-refractivity contribution in [1.29, 1.82) is 0 Å². The lowest BCUT2D eigenvalue weighted by molar-refractivity contribution is -0.153. The fourth-order valence-corrected chi connectivity index (χ4v) is 4.72. The number of piperazine rings is 1. The molecule has 2 aliphatic rings. The highest BCUT2D eigenvalue weighted by Crippen LogP contribution is 2.34. The Morgan fingerprint density at radius 3 is 2.48 bits per heavy atom. The molecule has 2 aromatic carbocycles. The van der Waals surface area contributed by atoms with Gasteiger partial charge in [-0.1, -0.05) is 18.2 Å². The minimum Gasteiger partial charge on any atom is -0.454 e. The first-order chi connectivity index (χ1) is 15.6. The Morgan fingerprint density at radius 2 is 1.79 bits per heavy atom. The molecule has 0 radical (unpaired) electrons. The van der Waals surface area contributed by atoms with Crippen molar-refractivity contribution in [2.24, 2.45) is 0 Å². The zero-order valence-electron chi connectivity index (χ0n) is 18.2. The summed E-state index contributed by atoms with van der Waals surface area (Å²) in [4.78, 5) is 27.8. The number of benzene rings is 2.